The van der Waals surface area contributed by atoms with Crippen LogP contribution in [0.5, 0.6) is 0 Å². The van der Waals surface area contributed by atoms with E-state index in [-0.39, 0.29) is 5.54 Å². The number of rotatable bonds is 0. The standard InChI is InChI=1S/C24H21N/c1-24(2,3)25-20-14-12-16-8-4-6-10-18(16)22(20)23-19-11-7-5-9-17(19)13-15-21(23)25/h4-15H,1-3H3. The largest absolute Gasteiger partial charge is 0.335 e. The van der Waals surface area contributed by atoms with Crippen molar-refractivity contribution in [2.45, 2.75) is 26.3 Å². The molecule has 0 atom stereocenters. The molecule has 0 bridgehead atoms. The van der Waals surface area contributed by atoms with Crippen LogP contribution in [0.4, 0.5) is 0 Å². The Morgan fingerprint density at radius 2 is 1.00 bits per heavy atom. The van der Waals surface area contributed by atoms with Crippen molar-refractivity contribution in [3.63, 3.8) is 0 Å². The smallest absolute Gasteiger partial charge is 0.0503 e. The first-order valence-electron chi connectivity index (χ1n) is 8.90. The topological polar surface area (TPSA) is 4.93 Å². The van der Waals surface area contributed by atoms with Gasteiger partial charge in [0.25, 0.3) is 0 Å². The van der Waals surface area contributed by atoms with E-state index >= 15 is 0 Å². The molecule has 122 valence electrons. The Bertz CT molecular complexity index is 1170. The van der Waals surface area contributed by atoms with Crippen LogP contribution in [-0.4, -0.2) is 4.57 Å². The highest BCUT2D eigenvalue weighted by atomic mass is 15.0. The van der Waals surface area contributed by atoms with Crippen LogP contribution < -0.4 is 0 Å². The molecule has 0 aliphatic heterocycles. The molecule has 0 saturated carbocycles. The third kappa shape index (κ3) is 1.96. The van der Waals surface area contributed by atoms with E-state index < -0.39 is 0 Å². The molecule has 0 aliphatic rings. The van der Waals surface area contributed by atoms with Crippen LogP contribution in [0.1, 0.15) is 20.8 Å². The Labute approximate surface area is 147 Å². The summed E-state index contributed by atoms with van der Waals surface area (Å²) < 4.78 is 2.50. The molecule has 1 heteroatoms. The summed E-state index contributed by atoms with van der Waals surface area (Å²) in [5.74, 6) is 0. The summed E-state index contributed by atoms with van der Waals surface area (Å²) in [6.07, 6.45) is 0. The molecule has 1 heterocycles. The van der Waals surface area contributed by atoms with Gasteiger partial charge in [-0.3, -0.25) is 0 Å². The fraction of sp³-hybridized carbons (Fsp3) is 0.167. The van der Waals surface area contributed by atoms with Gasteiger partial charge in [-0.1, -0.05) is 60.7 Å². The third-order valence-corrected chi connectivity index (χ3v) is 5.22. The first-order chi connectivity index (χ1) is 12.1. The van der Waals surface area contributed by atoms with Crippen molar-refractivity contribution < 1.29 is 0 Å². The van der Waals surface area contributed by atoms with Crippen LogP contribution in [0.25, 0.3) is 43.4 Å². The zero-order valence-corrected chi connectivity index (χ0v) is 14.9. The van der Waals surface area contributed by atoms with Gasteiger partial charge in [-0.15, -0.1) is 0 Å². The number of fused-ring (bicyclic) bond motifs is 7. The van der Waals surface area contributed by atoms with Gasteiger partial charge in [-0.25, -0.2) is 0 Å². The van der Waals surface area contributed by atoms with Gasteiger partial charge < -0.3 is 4.57 Å². The highest BCUT2D eigenvalue weighted by molar-refractivity contribution is 6.28. The quantitative estimate of drug-likeness (QED) is 0.293. The van der Waals surface area contributed by atoms with Gasteiger partial charge in [-0.05, 0) is 54.4 Å². The summed E-state index contributed by atoms with van der Waals surface area (Å²) >= 11 is 0. The number of hydrogen-bond donors (Lipinski definition) is 0. The number of aromatic nitrogens is 1. The van der Waals surface area contributed by atoms with Crippen molar-refractivity contribution in [2.75, 3.05) is 0 Å². The minimum atomic E-state index is 0.0188. The number of benzene rings is 4. The average Bonchev–Trinajstić information content (AvgIpc) is 2.97. The first kappa shape index (κ1) is 14.5. The Hall–Kier alpha value is -2.80. The Kier molecular flexibility index (Phi) is 2.82. The maximum atomic E-state index is 2.50. The summed E-state index contributed by atoms with van der Waals surface area (Å²) in [4.78, 5) is 0. The molecule has 5 aromatic rings. The molecule has 0 spiro atoms. The lowest BCUT2D eigenvalue weighted by Gasteiger charge is -2.24. The van der Waals surface area contributed by atoms with Crippen LogP contribution >= 0.6 is 0 Å². The summed E-state index contributed by atoms with van der Waals surface area (Å²) in [5.41, 5.74) is 2.65. The van der Waals surface area contributed by atoms with Crippen molar-refractivity contribution in [1.29, 1.82) is 0 Å². The second-order valence-corrected chi connectivity index (χ2v) is 7.87. The van der Waals surface area contributed by atoms with Crippen molar-refractivity contribution in [3.05, 3.63) is 72.8 Å². The zero-order chi connectivity index (χ0) is 17.2. The molecule has 0 fully saturated rings. The van der Waals surface area contributed by atoms with Crippen molar-refractivity contribution in [3.8, 4) is 0 Å². The SMILES string of the molecule is CC(C)(C)n1c2ccc3ccccc3c2c2c3ccccc3ccc21. The minimum absolute atomic E-state index is 0.0188. The maximum Gasteiger partial charge on any atom is 0.0503 e. The Morgan fingerprint density at radius 1 is 0.560 bits per heavy atom. The van der Waals surface area contributed by atoms with E-state index in [2.05, 4.69) is 98.1 Å². The monoisotopic (exact) mass is 323 g/mol. The molecule has 4 aromatic carbocycles. The molecular weight excluding hydrogens is 302 g/mol. The highest BCUT2D eigenvalue weighted by Crippen LogP contribution is 2.41. The highest BCUT2D eigenvalue weighted by Gasteiger charge is 2.22. The predicted molar refractivity (Wildman–Crippen MR) is 109 cm³/mol. The van der Waals surface area contributed by atoms with Gasteiger partial charge >= 0.3 is 0 Å². The van der Waals surface area contributed by atoms with E-state index in [0.717, 1.165) is 0 Å². The molecular formula is C24H21N. The molecule has 0 saturated heterocycles. The van der Waals surface area contributed by atoms with Gasteiger partial charge in [-0.2, -0.15) is 0 Å². The Morgan fingerprint density at radius 3 is 1.44 bits per heavy atom. The van der Waals surface area contributed by atoms with Crippen LogP contribution in [0.15, 0.2) is 72.8 Å². The normalized spacial score (nSPS) is 12.6. The molecule has 25 heavy (non-hydrogen) atoms. The van der Waals surface area contributed by atoms with Gasteiger partial charge in [0.15, 0.2) is 0 Å². The van der Waals surface area contributed by atoms with Crippen LogP contribution in [0.3, 0.4) is 0 Å². The third-order valence-electron chi connectivity index (χ3n) is 5.22. The van der Waals surface area contributed by atoms with Crippen LogP contribution in [0.2, 0.25) is 0 Å². The number of hydrogen-bond acceptors (Lipinski definition) is 0. The summed E-state index contributed by atoms with van der Waals surface area (Å²) in [6.45, 7) is 6.86. The second-order valence-electron chi connectivity index (χ2n) is 7.87. The number of nitrogens with zero attached hydrogens (tertiary/aromatic N) is 1. The lowest BCUT2D eigenvalue weighted by molar-refractivity contribution is 0.423. The van der Waals surface area contributed by atoms with E-state index in [0.29, 0.717) is 0 Å². The van der Waals surface area contributed by atoms with Gasteiger partial charge in [0, 0.05) is 16.3 Å². The first-order valence-corrected chi connectivity index (χ1v) is 8.90. The van der Waals surface area contributed by atoms with E-state index in [1.165, 1.54) is 43.4 Å². The van der Waals surface area contributed by atoms with Crippen molar-refractivity contribution in [1.82, 2.24) is 4.57 Å². The maximum absolute atomic E-state index is 2.50. The summed E-state index contributed by atoms with van der Waals surface area (Å²) in [7, 11) is 0. The second kappa shape index (κ2) is 4.86. The average molecular weight is 323 g/mol. The lowest BCUT2D eigenvalue weighted by Crippen LogP contribution is -2.21. The fourth-order valence-electron chi connectivity index (χ4n) is 4.27. The molecule has 1 nitrogen and oxygen atoms in total. The fourth-order valence-corrected chi connectivity index (χ4v) is 4.27. The molecule has 0 aliphatic carbocycles. The van der Waals surface area contributed by atoms with Gasteiger partial charge in [0.05, 0.1) is 11.0 Å². The lowest BCUT2D eigenvalue weighted by atomic mass is 10.00. The molecule has 1 aromatic heterocycles. The van der Waals surface area contributed by atoms with Crippen LogP contribution in [0, 0.1) is 0 Å². The predicted octanol–water partition coefficient (Wildman–Crippen LogP) is 6.86. The molecule has 0 amide bonds. The van der Waals surface area contributed by atoms with E-state index in [4.69, 9.17) is 0 Å². The minimum Gasteiger partial charge on any atom is -0.335 e. The van der Waals surface area contributed by atoms with E-state index in [1.807, 2.05) is 0 Å². The Balaban J connectivity index is 2.18. The van der Waals surface area contributed by atoms with Crippen LogP contribution in [-0.2, 0) is 5.54 Å². The van der Waals surface area contributed by atoms with Gasteiger partial charge in [0.2, 0.25) is 0 Å². The zero-order valence-electron chi connectivity index (χ0n) is 14.9. The molecule has 0 unspecified atom stereocenters. The summed E-state index contributed by atoms with van der Waals surface area (Å²) in [5, 5.41) is 8.03. The summed E-state index contributed by atoms with van der Waals surface area (Å²) in [6, 6.07) is 26.5. The van der Waals surface area contributed by atoms with Crippen molar-refractivity contribution >= 4 is 43.4 Å². The van der Waals surface area contributed by atoms with Crippen molar-refractivity contribution in [2.24, 2.45) is 0 Å². The molecule has 0 N–H and O–H groups in total. The van der Waals surface area contributed by atoms with E-state index in [1.54, 1.807) is 0 Å². The molecule has 0 radical (unpaired) electrons. The van der Waals surface area contributed by atoms with E-state index in [9.17, 15) is 0 Å². The van der Waals surface area contributed by atoms with Gasteiger partial charge in [0.1, 0.15) is 0 Å². The molecule has 5 rings (SSSR count).